The standard InChI is InChI=1S/C22H22N6OS2/c1-2-11-28-20(15-7-6-10-24-13-15)26-27-22(28)30-14-19(29)25-21-17(12-23)16-8-4-3-5-9-18(16)31-21/h2,6-7,10,13H,1,3-5,8-9,11,14H2,(H,25,29). The zero-order valence-electron chi connectivity index (χ0n) is 17.0. The molecule has 0 bridgehead atoms. The molecular formula is C22H22N6OS2. The number of rotatable bonds is 7. The number of anilines is 1. The molecule has 1 aliphatic carbocycles. The first-order chi connectivity index (χ1) is 15.2. The third-order valence-corrected chi connectivity index (χ3v) is 7.24. The fourth-order valence-corrected chi connectivity index (χ4v) is 5.64. The summed E-state index contributed by atoms with van der Waals surface area (Å²) in [7, 11) is 0. The highest BCUT2D eigenvalue weighted by molar-refractivity contribution is 7.99. The van der Waals surface area contributed by atoms with Crippen molar-refractivity contribution in [2.75, 3.05) is 11.1 Å². The van der Waals surface area contributed by atoms with Crippen molar-refractivity contribution in [2.45, 2.75) is 43.8 Å². The van der Waals surface area contributed by atoms with Crippen LogP contribution in [0.2, 0.25) is 0 Å². The van der Waals surface area contributed by atoms with Crippen molar-refractivity contribution in [1.29, 1.82) is 5.26 Å². The fourth-order valence-electron chi connectivity index (χ4n) is 3.64. The molecule has 3 aromatic heterocycles. The number of allylic oxidation sites excluding steroid dienone is 1. The molecule has 158 valence electrons. The lowest BCUT2D eigenvalue weighted by atomic mass is 10.1. The first kappa shape index (κ1) is 21.3. The summed E-state index contributed by atoms with van der Waals surface area (Å²) in [6.07, 6.45) is 10.5. The van der Waals surface area contributed by atoms with Crippen molar-refractivity contribution in [2.24, 2.45) is 0 Å². The Hall–Kier alpha value is -2.96. The SMILES string of the molecule is C=CCn1c(SCC(=O)Nc2sc3c(c2C#N)CCCCC3)nnc1-c1cccnc1. The number of nitrogens with one attached hydrogen (secondary N) is 1. The second kappa shape index (κ2) is 9.90. The summed E-state index contributed by atoms with van der Waals surface area (Å²) in [4.78, 5) is 18.0. The number of fused-ring (bicyclic) bond motifs is 1. The molecule has 1 aliphatic rings. The van der Waals surface area contributed by atoms with Crippen molar-refractivity contribution in [3.05, 3.63) is 53.2 Å². The van der Waals surface area contributed by atoms with Crippen LogP contribution in [0.3, 0.4) is 0 Å². The molecule has 0 fully saturated rings. The van der Waals surface area contributed by atoms with Gasteiger partial charge in [-0.1, -0.05) is 24.3 Å². The van der Waals surface area contributed by atoms with Crippen LogP contribution in [0.4, 0.5) is 5.00 Å². The third kappa shape index (κ3) is 4.70. The van der Waals surface area contributed by atoms with Gasteiger partial charge >= 0.3 is 0 Å². The monoisotopic (exact) mass is 450 g/mol. The van der Waals surface area contributed by atoms with Gasteiger partial charge in [0.15, 0.2) is 11.0 Å². The van der Waals surface area contributed by atoms with E-state index in [9.17, 15) is 10.1 Å². The summed E-state index contributed by atoms with van der Waals surface area (Å²) in [5, 5.41) is 22.4. The molecule has 0 saturated heterocycles. The van der Waals surface area contributed by atoms with Gasteiger partial charge < -0.3 is 5.32 Å². The molecule has 4 rings (SSSR count). The maximum absolute atomic E-state index is 12.7. The minimum Gasteiger partial charge on any atom is -0.316 e. The average molecular weight is 451 g/mol. The molecule has 3 heterocycles. The van der Waals surface area contributed by atoms with E-state index < -0.39 is 0 Å². The Morgan fingerprint density at radius 2 is 2.23 bits per heavy atom. The fraction of sp³-hybridized carbons (Fsp3) is 0.318. The van der Waals surface area contributed by atoms with E-state index in [0.29, 0.717) is 28.1 Å². The van der Waals surface area contributed by atoms with Crippen LogP contribution in [0.25, 0.3) is 11.4 Å². The van der Waals surface area contributed by atoms with Crippen molar-refractivity contribution < 1.29 is 4.79 Å². The van der Waals surface area contributed by atoms with E-state index in [2.05, 4.69) is 33.1 Å². The molecule has 0 atom stereocenters. The predicted octanol–water partition coefficient (Wildman–Crippen LogP) is 4.46. The number of nitrogens with zero attached hydrogens (tertiary/aromatic N) is 5. The number of thiophene rings is 1. The van der Waals surface area contributed by atoms with Crippen LogP contribution in [0, 0.1) is 11.3 Å². The summed E-state index contributed by atoms with van der Waals surface area (Å²) < 4.78 is 1.91. The number of pyridine rings is 1. The molecule has 1 N–H and O–H groups in total. The maximum Gasteiger partial charge on any atom is 0.235 e. The number of hydrogen-bond acceptors (Lipinski definition) is 7. The zero-order valence-corrected chi connectivity index (χ0v) is 18.6. The zero-order chi connectivity index (χ0) is 21.6. The highest BCUT2D eigenvalue weighted by Gasteiger charge is 2.21. The normalized spacial score (nSPS) is 13.1. The quantitative estimate of drug-likeness (QED) is 0.324. The predicted molar refractivity (Wildman–Crippen MR) is 123 cm³/mol. The highest BCUT2D eigenvalue weighted by atomic mass is 32.2. The lowest BCUT2D eigenvalue weighted by molar-refractivity contribution is -0.113. The molecule has 9 heteroatoms. The molecular weight excluding hydrogens is 428 g/mol. The second-order valence-corrected chi connectivity index (χ2v) is 9.21. The van der Waals surface area contributed by atoms with E-state index in [1.165, 1.54) is 23.1 Å². The van der Waals surface area contributed by atoms with Crippen molar-refractivity contribution in [3.8, 4) is 17.5 Å². The number of hydrogen-bond donors (Lipinski definition) is 1. The van der Waals surface area contributed by atoms with E-state index in [0.717, 1.165) is 36.8 Å². The molecule has 0 aliphatic heterocycles. The Balaban J connectivity index is 1.47. The van der Waals surface area contributed by atoms with Gasteiger partial charge in [0.05, 0.1) is 11.3 Å². The van der Waals surface area contributed by atoms with Gasteiger partial charge in [0.25, 0.3) is 0 Å². The number of carbonyl (C=O) groups is 1. The first-order valence-electron chi connectivity index (χ1n) is 10.1. The van der Waals surface area contributed by atoms with Gasteiger partial charge in [-0.25, -0.2) is 0 Å². The first-order valence-corrected chi connectivity index (χ1v) is 11.9. The molecule has 31 heavy (non-hydrogen) atoms. The van der Waals surface area contributed by atoms with E-state index in [-0.39, 0.29) is 11.7 Å². The van der Waals surface area contributed by atoms with Crippen LogP contribution in [0.1, 0.15) is 35.3 Å². The summed E-state index contributed by atoms with van der Waals surface area (Å²) in [5.74, 6) is 0.703. The Bertz CT molecular complexity index is 1130. The lowest BCUT2D eigenvalue weighted by Gasteiger charge is -2.08. The van der Waals surface area contributed by atoms with Crippen LogP contribution in [0.15, 0.2) is 42.3 Å². The van der Waals surface area contributed by atoms with Crippen molar-refractivity contribution >= 4 is 34.0 Å². The van der Waals surface area contributed by atoms with Crippen LogP contribution in [-0.2, 0) is 24.2 Å². The molecule has 0 unspecified atom stereocenters. The van der Waals surface area contributed by atoms with Crippen molar-refractivity contribution in [3.63, 3.8) is 0 Å². The van der Waals surface area contributed by atoms with Crippen LogP contribution in [0.5, 0.6) is 0 Å². The Morgan fingerprint density at radius 3 is 3.00 bits per heavy atom. The largest absolute Gasteiger partial charge is 0.316 e. The van der Waals surface area contributed by atoms with Gasteiger partial charge in [0, 0.05) is 29.4 Å². The molecule has 7 nitrogen and oxygen atoms in total. The summed E-state index contributed by atoms with van der Waals surface area (Å²) in [5.41, 5.74) is 2.61. The van der Waals surface area contributed by atoms with Gasteiger partial charge in [0.1, 0.15) is 11.1 Å². The Labute approximate surface area is 189 Å². The minimum atomic E-state index is -0.158. The maximum atomic E-state index is 12.7. The Kier molecular flexibility index (Phi) is 6.79. The van der Waals surface area contributed by atoms with Gasteiger partial charge in [-0.05, 0) is 43.4 Å². The van der Waals surface area contributed by atoms with Gasteiger partial charge in [-0.15, -0.1) is 28.1 Å². The van der Waals surface area contributed by atoms with Crippen LogP contribution >= 0.6 is 23.1 Å². The average Bonchev–Trinajstić information content (AvgIpc) is 3.25. The highest BCUT2D eigenvalue weighted by Crippen LogP contribution is 2.37. The van der Waals surface area contributed by atoms with E-state index in [1.807, 2.05) is 16.7 Å². The molecule has 3 aromatic rings. The molecule has 0 saturated carbocycles. The third-order valence-electron chi connectivity index (χ3n) is 5.07. The van der Waals surface area contributed by atoms with E-state index in [4.69, 9.17) is 0 Å². The second-order valence-electron chi connectivity index (χ2n) is 7.16. The number of nitriles is 1. The summed E-state index contributed by atoms with van der Waals surface area (Å²) >= 11 is 2.86. The minimum absolute atomic E-state index is 0.158. The van der Waals surface area contributed by atoms with Crippen LogP contribution in [-0.4, -0.2) is 31.4 Å². The van der Waals surface area contributed by atoms with Gasteiger partial charge in [-0.2, -0.15) is 5.26 Å². The van der Waals surface area contributed by atoms with E-state index >= 15 is 0 Å². The topological polar surface area (TPSA) is 96.5 Å². The van der Waals surface area contributed by atoms with Gasteiger partial charge in [0.2, 0.25) is 5.91 Å². The number of aryl methyl sites for hydroxylation is 1. The molecule has 1 amide bonds. The molecule has 0 aromatic carbocycles. The van der Waals surface area contributed by atoms with E-state index in [1.54, 1.807) is 29.8 Å². The van der Waals surface area contributed by atoms with Gasteiger partial charge in [-0.3, -0.25) is 14.3 Å². The number of thioether (sulfide) groups is 1. The summed E-state index contributed by atoms with van der Waals surface area (Å²) in [6, 6.07) is 6.07. The number of carbonyl (C=O) groups excluding carboxylic acids is 1. The molecule has 0 radical (unpaired) electrons. The number of amides is 1. The lowest BCUT2D eigenvalue weighted by Crippen LogP contribution is -2.14. The smallest absolute Gasteiger partial charge is 0.235 e. The number of aromatic nitrogens is 4. The molecule has 0 spiro atoms. The summed E-state index contributed by atoms with van der Waals surface area (Å²) in [6.45, 7) is 4.34. The van der Waals surface area contributed by atoms with Crippen LogP contribution < -0.4 is 5.32 Å². The van der Waals surface area contributed by atoms with Crippen molar-refractivity contribution in [1.82, 2.24) is 19.7 Å². The Morgan fingerprint density at radius 1 is 1.35 bits per heavy atom.